The van der Waals surface area contributed by atoms with Crippen molar-refractivity contribution in [2.45, 2.75) is 9.79 Å². The van der Waals surface area contributed by atoms with Crippen molar-refractivity contribution < 1.29 is 0 Å². The lowest BCUT2D eigenvalue weighted by Gasteiger charge is -2.16. The van der Waals surface area contributed by atoms with Crippen LogP contribution in [-0.4, -0.2) is 19.5 Å². The van der Waals surface area contributed by atoms with Gasteiger partial charge in [-0.3, -0.25) is 0 Å². The van der Waals surface area contributed by atoms with Gasteiger partial charge in [0.1, 0.15) is 0 Å². The Hall–Kier alpha value is -6.56. The van der Waals surface area contributed by atoms with Gasteiger partial charge >= 0.3 is 0 Å². The fourth-order valence-corrected chi connectivity index (χ4v) is 8.39. The van der Waals surface area contributed by atoms with Crippen LogP contribution in [0.1, 0.15) is 0 Å². The summed E-state index contributed by atoms with van der Waals surface area (Å²) in [5.74, 6) is 1.93. The topological polar surface area (TPSA) is 43.6 Å². The summed E-state index contributed by atoms with van der Waals surface area (Å²) in [4.78, 5) is 17.4. The zero-order chi connectivity index (χ0) is 34.4. The molecule has 2 aromatic heterocycles. The van der Waals surface area contributed by atoms with Gasteiger partial charge in [0.25, 0.3) is 0 Å². The van der Waals surface area contributed by atoms with Gasteiger partial charge in [-0.05, 0) is 47.5 Å². The molecule has 7 aromatic carbocycles. The number of para-hydroxylation sites is 1. The largest absolute Gasteiger partial charge is 0.308 e. The normalized spacial score (nSPS) is 11.8. The molecule has 0 aliphatic carbocycles. The van der Waals surface area contributed by atoms with E-state index in [0.29, 0.717) is 17.5 Å². The third-order valence-corrected chi connectivity index (χ3v) is 10.8. The molecule has 0 spiro atoms. The summed E-state index contributed by atoms with van der Waals surface area (Å²) >= 11 is 1.84. The summed E-state index contributed by atoms with van der Waals surface area (Å²) in [5, 5.41) is 1.22. The number of fused-ring (bicyclic) bond motifs is 7. The van der Waals surface area contributed by atoms with Crippen LogP contribution < -0.4 is 0 Å². The zero-order valence-electron chi connectivity index (χ0n) is 28.0. The van der Waals surface area contributed by atoms with E-state index in [-0.39, 0.29) is 0 Å². The Balaban J connectivity index is 1.22. The third-order valence-electron chi connectivity index (χ3n) is 9.68. The van der Waals surface area contributed by atoms with E-state index in [4.69, 9.17) is 15.0 Å². The number of hydrogen-bond acceptors (Lipinski definition) is 4. The fourth-order valence-electron chi connectivity index (χ4n) is 7.30. The minimum atomic E-state index is 0.635. The van der Waals surface area contributed by atoms with Crippen molar-refractivity contribution >= 4 is 22.7 Å². The fraction of sp³-hybridized carbons (Fsp3) is 0. The van der Waals surface area contributed by atoms with Gasteiger partial charge < -0.3 is 4.57 Å². The molecule has 9 aromatic rings. The van der Waals surface area contributed by atoms with E-state index in [9.17, 15) is 0 Å². The summed E-state index contributed by atoms with van der Waals surface area (Å²) in [5.41, 5.74) is 12.4. The van der Waals surface area contributed by atoms with Gasteiger partial charge in [-0.25, -0.2) is 15.0 Å². The van der Waals surface area contributed by atoms with Crippen LogP contribution >= 0.6 is 11.8 Å². The smallest absolute Gasteiger partial charge is 0.164 e. The average Bonchev–Trinajstić information content (AvgIpc) is 3.49. The van der Waals surface area contributed by atoms with E-state index in [1.165, 1.54) is 54.2 Å². The molecule has 1 aliphatic heterocycles. The van der Waals surface area contributed by atoms with Gasteiger partial charge in [-0.15, -0.1) is 0 Å². The third kappa shape index (κ3) is 5.13. The van der Waals surface area contributed by atoms with E-state index in [2.05, 4.69) is 126 Å². The van der Waals surface area contributed by atoms with E-state index >= 15 is 0 Å². The number of nitrogens with zero attached hydrogens (tertiary/aromatic N) is 4. The van der Waals surface area contributed by atoms with Crippen LogP contribution in [-0.2, 0) is 0 Å². The van der Waals surface area contributed by atoms with Crippen molar-refractivity contribution in [1.82, 2.24) is 19.5 Å². The van der Waals surface area contributed by atoms with Crippen LogP contribution in [0.15, 0.2) is 192 Å². The SMILES string of the molecule is c1ccc(-c2nc(-c3ccccc3)nc(-c3ccc(-n4c5c(c6cccc(-c7ccccc7)c64)-c4ccccc4Sc4ccccc4-5)cc3)n2)cc1. The van der Waals surface area contributed by atoms with E-state index < -0.39 is 0 Å². The summed E-state index contributed by atoms with van der Waals surface area (Å²) < 4.78 is 2.47. The number of rotatable bonds is 5. The molecule has 0 bridgehead atoms. The minimum absolute atomic E-state index is 0.635. The predicted octanol–water partition coefficient (Wildman–Crippen LogP) is 12.3. The molecule has 4 nitrogen and oxygen atoms in total. The van der Waals surface area contributed by atoms with Crippen molar-refractivity contribution in [3.63, 3.8) is 0 Å². The van der Waals surface area contributed by atoms with Crippen LogP contribution in [0.3, 0.4) is 0 Å². The average molecular weight is 683 g/mol. The first-order chi connectivity index (χ1) is 25.8. The molecule has 0 fully saturated rings. The molecular formula is C47H30N4S. The van der Waals surface area contributed by atoms with E-state index in [1.807, 2.05) is 72.4 Å². The Morgan fingerprint density at radius 2 is 0.827 bits per heavy atom. The van der Waals surface area contributed by atoms with Gasteiger partial charge in [0.2, 0.25) is 0 Å². The van der Waals surface area contributed by atoms with Crippen molar-refractivity contribution in [3.8, 4) is 73.4 Å². The second-order valence-corrected chi connectivity index (χ2v) is 13.9. The van der Waals surface area contributed by atoms with Crippen LogP contribution in [0.5, 0.6) is 0 Å². The Labute approximate surface area is 306 Å². The summed E-state index contributed by atoms with van der Waals surface area (Å²) in [6, 6.07) is 63.9. The van der Waals surface area contributed by atoms with Gasteiger partial charge in [-0.1, -0.05) is 157 Å². The molecule has 3 heterocycles. The lowest BCUT2D eigenvalue weighted by atomic mass is 9.96. The van der Waals surface area contributed by atoms with Crippen molar-refractivity contribution in [1.29, 1.82) is 0 Å². The first-order valence-electron chi connectivity index (χ1n) is 17.4. The Morgan fingerprint density at radius 1 is 0.365 bits per heavy atom. The molecular weight excluding hydrogens is 653 g/mol. The van der Waals surface area contributed by atoms with Crippen LogP contribution in [0.4, 0.5) is 0 Å². The quantitative estimate of drug-likeness (QED) is 0.181. The number of hydrogen-bond donors (Lipinski definition) is 0. The number of aromatic nitrogens is 4. The summed E-state index contributed by atoms with van der Waals surface area (Å²) in [6.45, 7) is 0. The highest BCUT2D eigenvalue weighted by atomic mass is 32.2. The second kappa shape index (κ2) is 12.6. The highest BCUT2D eigenvalue weighted by Crippen LogP contribution is 2.53. The first kappa shape index (κ1) is 30.3. The monoisotopic (exact) mass is 682 g/mol. The zero-order valence-corrected chi connectivity index (χ0v) is 28.8. The maximum atomic E-state index is 5.00. The molecule has 0 unspecified atom stereocenters. The van der Waals surface area contributed by atoms with E-state index in [0.717, 1.165) is 22.4 Å². The molecule has 244 valence electrons. The van der Waals surface area contributed by atoms with Crippen molar-refractivity contribution in [3.05, 3.63) is 182 Å². The second-order valence-electron chi connectivity index (χ2n) is 12.8. The maximum Gasteiger partial charge on any atom is 0.164 e. The Kier molecular flexibility index (Phi) is 7.36. The van der Waals surface area contributed by atoms with Crippen LogP contribution in [0.2, 0.25) is 0 Å². The number of benzene rings is 7. The summed E-state index contributed by atoms with van der Waals surface area (Å²) in [7, 11) is 0. The van der Waals surface area contributed by atoms with Gasteiger partial charge in [0.05, 0.1) is 11.2 Å². The van der Waals surface area contributed by atoms with E-state index in [1.54, 1.807) is 0 Å². The maximum absolute atomic E-state index is 5.00. The van der Waals surface area contributed by atoms with Gasteiger partial charge in [-0.2, -0.15) is 0 Å². The minimum Gasteiger partial charge on any atom is -0.308 e. The molecule has 0 radical (unpaired) electrons. The molecule has 0 saturated heterocycles. The highest BCUT2D eigenvalue weighted by molar-refractivity contribution is 7.99. The lowest BCUT2D eigenvalue weighted by Crippen LogP contribution is -2.01. The molecule has 0 saturated carbocycles. The molecule has 52 heavy (non-hydrogen) atoms. The molecule has 0 N–H and O–H groups in total. The van der Waals surface area contributed by atoms with Gasteiger partial charge in [0.15, 0.2) is 17.5 Å². The Bertz CT molecular complexity index is 2680. The van der Waals surface area contributed by atoms with Crippen LogP contribution in [0, 0.1) is 0 Å². The highest BCUT2D eigenvalue weighted by Gasteiger charge is 2.29. The van der Waals surface area contributed by atoms with Gasteiger partial charge in [0, 0.05) is 54.2 Å². The van der Waals surface area contributed by atoms with Crippen molar-refractivity contribution in [2.24, 2.45) is 0 Å². The predicted molar refractivity (Wildman–Crippen MR) is 213 cm³/mol. The lowest BCUT2D eigenvalue weighted by molar-refractivity contribution is 1.07. The molecule has 10 rings (SSSR count). The Morgan fingerprint density at radius 3 is 1.42 bits per heavy atom. The standard InChI is InChI=1S/C47H30N4S/c1-4-15-31(16-5-1)36-23-14-24-39-42-37-21-10-12-25-40(37)52-41-26-13-11-22-38(41)44(42)51(43(36)39)35-29-27-34(28-30-35)47-49-45(32-17-6-2-7-18-32)48-46(50-47)33-19-8-3-9-20-33/h1-30H. The first-order valence-corrected chi connectivity index (χ1v) is 18.2. The molecule has 0 amide bonds. The summed E-state index contributed by atoms with van der Waals surface area (Å²) in [6.07, 6.45) is 0. The molecule has 0 atom stereocenters. The molecule has 5 heteroatoms. The molecule has 1 aliphatic rings. The van der Waals surface area contributed by atoms with Crippen molar-refractivity contribution in [2.75, 3.05) is 0 Å². The van der Waals surface area contributed by atoms with Crippen LogP contribution in [0.25, 0.3) is 84.3 Å².